The van der Waals surface area contributed by atoms with Gasteiger partial charge in [-0.05, 0) is 5.56 Å². The second-order valence-corrected chi connectivity index (χ2v) is 2.94. The fourth-order valence-corrected chi connectivity index (χ4v) is 1.21. The molecule has 0 bridgehead atoms. The Morgan fingerprint density at radius 1 is 1.29 bits per heavy atom. The van der Waals surface area contributed by atoms with Crippen molar-refractivity contribution in [1.82, 2.24) is 15.4 Å². The number of Topliss-reactive ketones (excluding diaryl/α,β-unsaturated/α-hetero) is 1. The minimum absolute atomic E-state index is 0.0232. The second kappa shape index (κ2) is 3.83. The number of ketones is 1. The van der Waals surface area contributed by atoms with Crippen molar-refractivity contribution in [2.45, 2.75) is 6.42 Å². The summed E-state index contributed by atoms with van der Waals surface area (Å²) in [6.07, 6.45) is 1.87. The highest BCUT2D eigenvalue weighted by atomic mass is 16.1. The quantitative estimate of drug-likeness (QED) is 0.735. The number of hydrogen-bond donors (Lipinski definition) is 1. The molecule has 0 aliphatic rings. The summed E-state index contributed by atoms with van der Waals surface area (Å²) in [5, 5.41) is 9.66. The smallest absolute Gasteiger partial charge is 0.189 e. The number of nitrogens with zero attached hydrogens (tertiary/aromatic N) is 2. The summed E-state index contributed by atoms with van der Waals surface area (Å²) >= 11 is 0. The number of benzene rings is 1. The molecule has 2 aromatic rings. The summed E-state index contributed by atoms with van der Waals surface area (Å²) in [5.41, 5.74) is 1.37. The maximum atomic E-state index is 11.6. The average molecular weight is 187 g/mol. The first-order chi connectivity index (χ1) is 6.86. The molecular weight excluding hydrogens is 178 g/mol. The van der Waals surface area contributed by atoms with Gasteiger partial charge in [0.25, 0.3) is 0 Å². The fraction of sp³-hybridized carbons (Fsp3) is 0.100. The molecule has 0 spiro atoms. The molecule has 0 unspecified atom stereocenters. The fourth-order valence-electron chi connectivity index (χ4n) is 1.21. The van der Waals surface area contributed by atoms with Gasteiger partial charge in [0.1, 0.15) is 5.69 Å². The number of carbonyl (C=O) groups is 1. The monoisotopic (exact) mass is 187 g/mol. The lowest BCUT2D eigenvalue weighted by atomic mass is 10.1. The van der Waals surface area contributed by atoms with Crippen LogP contribution in [0.25, 0.3) is 0 Å². The number of carbonyl (C=O) groups excluding carboxylic acids is 1. The minimum atomic E-state index is -0.0232. The largest absolute Gasteiger partial charge is 0.292 e. The van der Waals surface area contributed by atoms with Crippen LogP contribution in [0.1, 0.15) is 16.1 Å². The third-order valence-electron chi connectivity index (χ3n) is 1.91. The zero-order valence-corrected chi connectivity index (χ0v) is 7.47. The lowest BCUT2D eigenvalue weighted by molar-refractivity contribution is 0.0988. The number of aromatic nitrogens is 3. The van der Waals surface area contributed by atoms with Crippen molar-refractivity contribution in [3.8, 4) is 0 Å². The van der Waals surface area contributed by atoms with Gasteiger partial charge in [-0.25, -0.2) is 0 Å². The lowest BCUT2D eigenvalue weighted by Gasteiger charge is -1.96. The molecule has 0 fully saturated rings. The number of H-pyrrole nitrogens is 1. The van der Waals surface area contributed by atoms with E-state index in [1.165, 1.54) is 6.20 Å². The topological polar surface area (TPSA) is 58.6 Å². The van der Waals surface area contributed by atoms with Gasteiger partial charge in [-0.1, -0.05) is 35.5 Å². The Hall–Kier alpha value is -1.97. The number of aromatic amines is 1. The first-order valence-corrected chi connectivity index (χ1v) is 4.30. The Labute approximate surface area is 81.0 Å². The van der Waals surface area contributed by atoms with Gasteiger partial charge < -0.3 is 0 Å². The lowest BCUT2D eigenvalue weighted by Crippen LogP contribution is -2.03. The van der Waals surface area contributed by atoms with Gasteiger partial charge in [0, 0.05) is 6.42 Å². The van der Waals surface area contributed by atoms with Crippen LogP contribution in [0.5, 0.6) is 0 Å². The molecule has 0 atom stereocenters. The molecule has 1 N–H and O–H groups in total. The van der Waals surface area contributed by atoms with Crippen LogP contribution < -0.4 is 0 Å². The van der Waals surface area contributed by atoms with Crippen LogP contribution in [-0.4, -0.2) is 21.2 Å². The predicted molar refractivity (Wildman–Crippen MR) is 50.9 cm³/mol. The van der Waals surface area contributed by atoms with E-state index in [2.05, 4.69) is 15.4 Å². The highest BCUT2D eigenvalue weighted by molar-refractivity contribution is 5.95. The van der Waals surface area contributed by atoms with E-state index >= 15 is 0 Å². The molecule has 14 heavy (non-hydrogen) atoms. The van der Waals surface area contributed by atoms with E-state index in [1.807, 2.05) is 30.3 Å². The van der Waals surface area contributed by atoms with Gasteiger partial charge >= 0.3 is 0 Å². The van der Waals surface area contributed by atoms with Crippen molar-refractivity contribution in [1.29, 1.82) is 0 Å². The van der Waals surface area contributed by atoms with Gasteiger partial charge in [-0.3, -0.25) is 9.89 Å². The summed E-state index contributed by atoms with van der Waals surface area (Å²) in [4.78, 5) is 11.6. The van der Waals surface area contributed by atoms with E-state index in [0.29, 0.717) is 12.1 Å². The summed E-state index contributed by atoms with van der Waals surface area (Å²) in [5.74, 6) is -0.0232. The van der Waals surface area contributed by atoms with Gasteiger partial charge in [-0.15, -0.1) is 5.10 Å². The van der Waals surface area contributed by atoms with Crippen molar-refractivity contribution < 1.29 is 4.79 Å². The molecule has 0 saturated carbocycles. The van der Waals surface area contributed by atoms with Crippen molar-refractivity contribution in [3.63, 3.8) is 0 Å². The molecule has 0 radical (unpaired) electrons. The normalized spacial score (nSPS) is 10.0. The van der Waals surface area contributed by atoms with Crippen molar-refractivity contribution in [2.75, 3.05) is 0 Å². The van der Waals surface area contributed by atoms with Crippen LogP contribution in [-0.2, 0) is 6.42 Å². The number of rotatable bonds is 3. The second-order valence-electron chi connectivity index (χ2n) is 2.94. The Morgan fingerprint density at radius 3 is 2.71 bits per heavy atom. The Kier molecular flexibility index (Phi) is 2.36. The third-order valence-corrected chi connectivity index (χ3v) is 1.91. The Balaban J connectivity index is 2.10. The number of nitrogens with one attached hydrogen (secondary N) is 1. The van der Waals surface area contributed by atoms with E-state index in [0.717, 1.165) is 5.56 Å². The maximum Gasteiger partial charge on any atom is 0.189 e. The molecule has 0 aliphatic heterocycles. The first kappa shape index (κ1) is 8.62. The summed E-state index contributed by atoms with van der Waals surface area (Å²) in [7, 11) is 0. The predicted octanol–water partition coefficient (Wildman–Crippen LogP) is 1.23. The van der Waals surface area contributed by atoms with E-state index < -0.39 is 0 Å². The van der Waals surface area contributed by atoms with Gasteiger partial charge in [0.2, 0.25) is 0 Å². The summed E-state index contributed by atoms with van der Waals surface area (Å²) in [6.45, 7) is 0. The van der Waals surface area contributed by atoms with Crippen LogP contribution in [0.3, 0.4) is 0 Å². The van der Waals surface area contributed by atoms with Crippen molar-refractivity contribution in [2.24, 2.45) is 0 Å². The summed E-state index contributed by atoms with van der Waals surface area (Å²) in [6, 6.07) is 9.57. The molecule has 1 heterocycles. The van der Waals surface area contributed by atoms with Crippen LogP contribution in [0.15, 0.2) is 36.5 Å². The van der Waals surface area contributed by atoms with Gasteiger partial charge in [0.05, 0.1) is 6.20 Å². The SMILES string of the molecule is O=C(Cc1ccccc1)c1c[nH]nn1. The molecule has 1 aromatic carbocycles. The third kappa shape index (κ3) is 1.85. The molecule has 70 valence electrons. The zero-order chi connectivity index (χ0) is 9.80. The molecule has 0 saturated heterocycles. The zero-order valence-electron chi connectivity index (χ0n) is 7.47. The first-order valence-electron chi connectivity index (χ1n) is 4.30. The van der Waals surface area contributed by atoms with Crippen LogP contribution >= 0.6 is 0 Å². The van der Waals surface area contributed by atoms with Crippen LogP contribution in [0.4, 0.5) is 0 Å². The molecule has 4 nitrogen and oxygen atoms in total. The van der Waals surface area contributed by atoms with E-state index in [1.54, 1.807) is 0 Å². The molecule has 1 aromatic heterocycles. The van der Waals surface area contributed by atoms with Crippen molar-refractivity contribution in [3.05, 3.63) is 47.8 Å². The van der Waals surface area contributed by atoms with E-state index in [-0.39, 0.29) is 5.78 Å². The van der Waals surface area contributed by atoms with E-state index in [9.17, 15) is 4.79 Å². The Bertz CT molecular complexity index is 408. The average Bonchev–Trinajstić information content (AvgIpc) is 2.72. The molecule has 4 heteroatoms. The molecular formula is C10H9N3O. The summed E-state index contributed by atoms with van der Waals surface area (Å²) < 4.78 is 0. The number of hydrogen-bond acceptors (Lipinski definition) is 3. The van der Waals surface area contributed by atoms with Crippen LogP contribution in [0.2, 0.25) is 0 Å². The van der Waals surface area contributed by atoms with Crippen LogP contribution in [0, 0.1) is 0 Å². The molecule has 2 rings (SSSR count). The standard InChI is InChI=1S/C10H9N3O/c14-10(9-7-11-13-12-9)6-8-4-2-1-3-5-8/h1-5,7H,6H2,(H,11,12,13). The Morgan fingerprint density at radius 2 is 2.07 bits per heavy atom. The molecule has 0 aliphatic carbocycles. The minimum Gasteiger partial charge on any atom is -0.292 e. The van der Waals surface area contributed by atoms with Gasteiger partial charge in [0.15, 0.2) is 5.78 Å². The molecule has 0 amide bonds. The maximum absolute atomic E-state index is 11.6. The highest BCUT2D eigenvalue weighted by Gasteiger charge is 2.08. The van der Waals surface area contributed by atoms with Crippen molar-refractivity contribution >= 4 is 5.78 Å². The highest BCUT2D eigenvalue weighted by Crippen LogP contribution is 2.03. The van der Waals surface area contributed by atoms with E-state index in [4.69, 9.17) is 0 Å². The van der Waals surface area contributed by atoms with Gasteiger partial charge in [-0.2, -0.15) is 0 Å².